The molecule has 0 radical (unpaired) electrons. The van der Waals surface area contributed by atoms with E-state index in [0.29, 0.717) is 12.6 Å². The quantitative estimate of drug-likeness (QED) is 0.760. The van der Waals surface area contributed by atoms with Crippen molar-refractivity contribution < 1.29 is 4.74 Å². The van der Waals surface area contributed by atoms with E-state index in [4.69, 9.17) is 16.3 Å². The molecule has 0 N–H and O–H groups in total. The topological polar surface area (TPSA) is 12.5 Å². The van der Waals surface area contributed by atoms with Gasteiger partial charge in [-0.05, 0) is 32.0 Å². The Hall–Kier alpha value is -0.730. The van der Waals surface area contributed by atoms with E-state index in [1.165, 1.54) is 11.1 Å². The summed E-state index contributed by atoms with van der Waals surface area (Å²) in [6.07, 6.45) is 1.01. The molecule has 1 aromatic rings. The molecule has 0 amide bonds. The van der Waals surface area contributed by atoms with Gasteiger partial charge in [0.05, 0.1) is 5.02 Å². The predicted molar refractivity (Wildman–Crippen MR) is 78.6 cm³/mol. The van der Waals surface area contributed by atoms with E-state index in [2.05, 4.69) is 31.9 Å². The van der Waals surface area contributed by atoms with E-state index in [0.717, 1.165) is 23.7 Å². The second-order valence-electron chi connectivity index (χ2n) is 4.49. The van der Waals surface area contributed by atoms with E-state index in [1.54, 1.807) is 0 Å². The Kier molecular flexibility index (Phi) is 5.97. The number of fused-ring (bicyclic) bond motifs is 1. The van der Waals surface area contributed by atoms with Crippen molar-refractivity contribution >= 4 is 11.6 Å². The largest absolute Gasteiger partial charge is 0.490 e. The maximum Gasteiger partial charge on any atom is 0.142 e. The Morgan fingerprint density at radius 2 is 2.06 bits per heavy atom. The van der Waals surface area contributed by atoms with Crippen LogP contribution in [0.4, 0.5) is 0 Å². The smallest absolute Gasteiger partial charge is 0.142 e. The molecule has 1 heterocycles. The lowest BCUT2D eigenvalue weighted by Crippen LogP contribution is -2.31. The summed E-state index contributed by atoms with van der Waals surface area (Å²) in [7, 11) is 2.12. The van der Waals surface area contributed by atoms with Crippen molar-refractivity contribution in [1.29, 1.82) is 0 Å². The molecule has 18 heavy (non-hydrogen) atoms. The lowest BCUT2D eigenvalue weighted by Gasteiger charge is -2.20. The van der Waals surface area contributed by atoms with Gasteiger partial charge in [-0.25, -0.2) is 0 Å². The summed E-state index contributed by atoms with van der Waals surface area (Å²) in [6, 6.07) is 4.64. The van der Waals surface area contributed by atoms with Gasteiger partial charge in [0.1, 0.15) is 12.4 Å². The molecule has 0 saturated carbocycles. The number of aryl methyl sites for hydroxylation is 1. The highest BCUT2D eigenvalue weighted by atomic mass is 35.5. The highest BCUT2D eigenvalue weighted by molar-refractivity contribution is 6.32. The second-order valence-corrected chi connectivity index (χ2v) is 4.90. The number of benzene rings is 1. The SMILES string of the molecule is CC.CCc1cc(Cl)c2c(c1)CN(C)C(C)CO2. The van der Waals surface area contributed by atoms with Gasteiger partial charge in [-0.2, -0.15) is 0 Å². The monoisotopic (exact) mass is 269 g/mol. The first-order chi connectivity index (χ1) is 8.61. The van der Waals surface area contributed by atoms with Crippen molar-refractivity contribution in [1.82, 2.24) is 4.90 Å². The van der Waals surface area contributed by atoms with Crippen molar-refractivity contribution in [2.24, 2.45) is 0 Å². The molecule has 0 aromatic heterocycles. The van der Waals surface area contributed by atoms with Crippen LogP contribution in [-0.4, -0.2) is 24.6 Å². The molecule has 2 nitrogen and oxygen atoms in total. The van der Waals surface area contributed by atoms with Gasteiger partial charge in [0.15, 0.2) is 0 Å². The van der Waals surface area contributed by atoms with Crippen molar-refractivity contribution in [3.63, 3.8) is 0 Å². The van der Waals surface area contributed by atoms with Crippen LogP contribution in [0.3, 0.4) is 0 Å². The molecule has 1 aliphatic rings. The van der Waals surface area contributed by atoms with Gasteiger partial charge in [-0.1, -0.05) is 38.4 Å². The number of nitrogens with zero attached hydrogens (tertiary/aromatic N) is 1. The van der Waals surface area contributed by atoms with Crippen molar-refractivity contribution in [2.75, 3.05) is 13.7 Å². The maximum absolute atomic E-state index is 6.25. The number of ether oxygens (including phenoxy) is 1. The molecule has 1 aromatic carbocycles. The number of hydrogen-bond acceptors (Lipinski definition) is 2. The van der Waals surface area contributed by atoms with Crippen molar-refractivity contribution in [3.05, 3.63) is 28.3 Å². The molecule has 0 saturated heterocycles. The molecule has 2 rings (SSSR count). The molecular formula is C15H24ClNO. The number of rotatable bonds is 1. The Bertz CT molecular complexity index is 392. The van der Waals surface area contributed by atoms with Crippen LogP contribution in [0, 0.1) is 0 Å². The first-order valence-corrected chi connectivity index (χ1v) is 7.14. The van der Waals surface area contributed by atoms with Gasteiger partial charge in [-0.15, -0.1) is 0 Å². The minimum absolute atomic E-state index is 0.425. The van der Waals surface area contributed by atoms with Crippen LogP contribution in [0.2, 0.25) is 5.02 Å². The standard InChI is InChI=1S/C13H18ClNO.C2H6/c1-4-10-5-11-7-15(3)9(2)8-16-13(11)12(14)6-10;1-2/h5-6,9H,4,7-8H2,1-3H3;1-2H3. The summed E-state index contributed by atoms with van der Waals surface area (Å²) >= 11 is 6.25. The molecule has 0 aliphatic carbocycles. The zero-order valence-electron chi connectivity index (χ0n) is 12.1. The highest BCUT2D eigenvalue weighted by Crippen LogP contribution is 2.33. The molecule has 0 fully saturated rings. The fourth-order valence-electron chi connectivity index (χ4n) is 1.95. The van der Waals surface area contributed by atoms with Crippen LogP contribution in [-0.2, 0) is 13.0 Å². The van der Waals surface area contributed by atoms with Gasteiger partial charge in [0.2, 0.25) is 0 Å². The van der Waals surface area contributed by atoms with Gasteiger partial charge in [0, 0.05) is 18.2 Å². The number of likely N-dealkylation sites (N-methyl/N-ethyl adjacent to an activating group) is 1. The minimum Gasteiger partial charge on any atom is -0.490 e. The minimum atomic E-state index is 0.425. The summed E-state index contributed by atoms with van der Waals surface area (Å²) in [5.74, 6) is 0.870. The lowest BCUT2D eigenvalue weighted by molar-refractivity contribution is 0.189. The van der Waals surface area contributed by atoms with Gasteiger partial charge < -0.3 is 4.74 Å². The third-order valence-corrected chi connectivity index (χ3v) is 3.51. The van der Waals surface area contributed by atoms with E-state index in [1.807, 2.05) is 19.9 Å². The van der Waals surface area contributed by atoms with Gasteiger partial charge in [0.25, 0.3) is 0 Å². The number of halogens is 1. The fourth-order valence-corrected chi connectivity index (χ4v) is 2.27. The average Bonchev–Trinajstić information content (AvgIpc) is 2.52. The molecular weight excluding hydrogens is 246 g/mol. The molecule has 1 atom stereocenters. The lowest BCUT2D eigenvalue weighted by atomic mass is 10.1. The fraction of sp³-hybridized carbons (Fsp3) is 0.600. The third kappa shape index (κ3) is 3.39. The van der Waals surface area contributed by atoms with Crippen LogP contribution in [0.25, 0.3) is 0 Å². The Labute approximate surface area is 116 Å². The number of hydrogen-bond donors (Lipinski definition) is 0. The Morgan fingerprint density at radius 3 is 2.67 bits per heavy atom. The molecule has 1 unspecified atom stereocenters. The highest BCUT2D eigenvalue weighted by Gasteiger charge is 2.20. The van der Waals surface area contributed by atoms with E-state index < -0.39 is 0 Å². The molecule has 0 spiro atoms. The maximum atomic E-state index is 6.25. The zero-order chi connectivity index (χ0) is 13.7. The van der Waals surface area contributed by atoms with Gasteiger partial charge in [-0.3, -0.25) is 4.90 Å². The predicted octanol–water partition coefficient (Wildman–Crippen LogP) is 4.14. The Morgan fingerprint density at radius 1 is 1.39 bits per heavy atom. The van der Waals surface area contributed by atoms with Crippen LogP contribution in [0.15, 0.2) is 12.1 Å². The molecule has 3 heteroatoms. The van der Waals surface area contributed by atoms with Gasteiger partial charge >= 0.3 is 0 Å². The summed E-state index contributed by atoms with van der Waals surface area (Å²) in [6.45, 7) is 9.92. The zero-order valence-corrected chi connectivity index (χ0v) is 12.8. The van der Waals surface area contributed by atoms with Crippen LogP contribution in [0.1, 0.15) is 38.8 Å². The molecule has 102 valence electrons. The van der Waals surface area contributed by atoms with Crippen LogP contribution in [0.5, 0.6) is 5.75 Å². The van der Waals surface area contributed by atoms with E-state index in [-0.39, 0.29) is 0 Å². The third-order valence-electron chi connectivity index (χ3n) is 3.23. The molecule has 0 bridgehead atoms. The summed E-state index contributed by atoms with van der Waals surface area (Å²) in [5.41, 5.74) is 2.48. The Balaban J connectivity index is 0.000000771. The van der Waals surface area contributed by atoms with Crippen molar-refractivity contribution in [2.45, 2.75) is 46.7 Å². The second kappa shape index (κ2) is 7.01. The van der Waals surface area contributed by atoms with Crippen LogP contribution >= 0.6 is 11.6 Å². The summed E-state index contributed by atoms with van der Waals surface area (Å²) in [4.78, 5) is 2.29. The van der Waals surface area contributed by atoms with Crippen molar-refractivity contribution in [3.8, 4) is 5.75 Å². The molecule has 1 aliphatic heterocycles. The summed E-state index contributed by atoms with van der Waals surface area (Å²) < 4.78 is 5.79. The van der Waals surface area contributed by atoms with E-state index in [9.17, 15) is 0 Å². The van der Waals surface area contributed by atoms with Crippen LogP contribution < -0.4 is 4.74 Å². The summed E-state index contributed by atoms with van der Waals surface area (Å²) in [5, 5.41) is 0.747. The average molecular weight is 270 g/mol. The van der Waals surface area contributed by atoms with E-state index >= 15 is 0 Å². The first-order valence-electron chi connectivity index (χ1n) is 6.76. The first kappa shape index (κ1) is 15.3. The normalized spacial score (nSPS) is 19.1.